The second-order valence-electron chi connectivity index (χ2n) is 5.20. The third kappa shape index (κ3) is 5.14. The largest absolute Gasteiger partial charge is 0.391 e. The van der Waals surface area contributed by atoms with Crippen molar-refractivity contribution in [1.29, 1.82) is 0 Å². The van der Waals surface area contributed by atoms with Gasteiger partial charge in [-0.15, -0.1) is 12.4 Å². The van der Waals surface area contributed by atoms with E-state index in [2.05, 4.69) is 26.1 Å². The van der Waals surface area contributed by atoms with Gasteiger partial charge in [-0.3, -0.25) is 0 Å². The maximum absolute atomic E-state index is 11.7. The number of aliphatic hydroxyl groups is 1. The first-order chi connectivity index (χ1) is 9.56. The van der Waals surface area contributed by atoms with Crippen LogP contribution in [0.1, 0.15) is 37.9 Å². The Balaban J connectivity index is 0.00000220. The summed E-state index contributed by atoms with van der Waals surface area (Å²) >= 11 is 0. The third-order valence-electron chi connectivity index (χ3n) is 3.15. The van der Waals surface area contributed by atoms with E-state index in [1.54, 1.807) is 0 Å². The first-order valence-electron chi connectivity index (χ1n) is 6.82. The van der Waals surface area contributed by atoms with Crippen LogP contribution in [-0.2, 0) is 6.54 Å². The molecule has 2 rings (SSSR count). The molecule has 0 unspecified atom stereocenters. The van der Waals surface area contributed by atoms with Gasteiger partial charge in [-0.1, -0.05) is 19.0 Å². The number of aliphatic hydroxyl groups excluding tert-OH is 1. The van der Waals surface area contributed by atoms with Gasteiger partial charge in [-0.25, -0.2) is 4.79 Å². The van der Waals surface area contributed by atoms with Crippen LogP contribution in [0.5, 0.6) is 0 Å². The molecule has 0 aliphatic carbocycles. The Bertz CT molecular complexity index is 454. The Labute approximate surface area is 129 Å². The molecule has 4 N–H and O–H groups in total. The van der Waals surface area contributed by atoms with Crippen LogP contribution >= 0.6 is 12.4 Å². The Morgan fingerprint density at radius 2 is 2.33 bits per heavy atom. The van der Waals surface area contributed by atoms with Crippen molar-refractivity contribution >= 4 is 18.4 Å². The van der Waals surface area contributed by atoms with E-state index in [9.17, 15) is 9.90 Å². The average Bonchev–Trinajstić information content (AvgIpc) is 2.88. The molecule has 1 aromatic rings. The minimum Gasteiger partial charge on any atom is -0.391 e. The molecule has 0 radical (unpaired) electrons. The molecule has 1 aliphatic heterocycles. The number of carbonyl (C=O) groups is 1. The molecule has 0 spiro atoms. The molecule has 2 atom stereocenters. The monoisotopic (exact) mass is 319 g/mol. The summed E-state index contributed by atoms with van der Waals surface area (Å²) in [5, 5.41) is 22.0. The fourth-order valence-electron chi connectivity index (χ4n) is 1.94. The summed E-state index contributed by atoms with van der Waals surface area (Å²) in [6, 6.07) is -0.631. The van der Waals surface area contributed by atoms with Crippen LogP contribution in [0.25, 0.3) is 0 Å². The van der Waals surface area contributed by atoms with Crippen molar-refractivity contribution in [2.24, 2.45) is 0 Å². The summed E-state index contributed by atoms with van der Waals surface area (Å²) in [5.41, 5.74) is 0. The topological polar surface area (TPSA) is 112 Å². The first kappa shape index (κ1) is 17.7. The smallest absolute Gasteiger partial charge is 0.315 e. The number of halogens is 1. The molecule has 9 heteroatoms. The molecular weight excluding hydrogens is 298 g/mol. The van der Waals surface area contributed by atoms with E-state index < -0.39 is 6.10 Å². The average molecular weight is 320 g/mol. The number of hydrogen-bond acceptors (Lipinski definition) is 6. The molecule has 2 amide bonds. The quantitative estimate of drug-likeness (QED) is 0.628. The van der Waals surface area contributed by atoms with Gasteiger partial charge >= 0.3 is 6.03 Å². The van der Waals surface area contributed by atoms with E-state index >= 15 is 0 Å². The normalized spacial score (nSPS) is 21.7. The molecule has 21 heavy (non-hydrogen) atoms. The highest BCUT2D eigenvalue weighted by Gasteiger charge is 2.24. The number of piperidine rings is 1. The van der Waals surface area contributed by atoms with Gasteiger partial charge in [0.1, 0.15) is 0 Å². The Hall–Kier alpha value is -1.38. The fraction of sp³-hybridized carbons (Fsp3) is 0.750. The highest BCUT2D eigenvalue weighted by molar-refractivity contribution is 5.85. The van der Waals surface area contributed by atoms with Crippen LogP contribution in [0.2, 0.25) is 0 Å². The van der Waals surface area contributed by atoms with E-state index in [4.69, 9.17) is 4.52 Å². The van der Waals surface area contributed by atoms with Crippen LogP contribution in [0.15, 0.2) is 4.52 Å². The molecular formula is C12H22ClN5O3. The predicted octanol–water partition coefficient (Wildman–Crippen LogP) is 0.137. The van der Waals surface area contributed by atoms with E-state index in [1.807, 2.05) is 13.8 Å². The summed E-state index contributed by atoms with van der Waals surface area (Å²) in [7, 11) is 0. The lowest BCUT2D eigenvalue weighted by atomic mass is 10.0. The second-order valence-corrected chi connectivity index (χ2v) is 5.20. The lowest BCUT2D eigenvalue weighted by Crippen LogP contribution is -2.55. The summed E-state index contributed by atoms with van der Waals surface area (Å²) in [4.78, 5) is 15.9. The van der Waals surface area contributed by atoms with Crippen molar-refractivity contribution in [3.63, 3.8) is 0 Å². The van der Waals surface area contributed by atoms with Gasteiger partial charge < -0.3 is 25.6 Å². The van der Waals surface area contributed by atoms with Crippen LogP contribution in [0.4, 0.5) is 4.79 Å². The number of aromatic nitrogens is 2. The van der Waals surface area contributed by atoms with Gasteiger partial charge in [-0.2, -0.15) is 4.98 Å². The minimum absolute atomic E-state index is 0. The standard InChI is InChI=1S/C12H21N5O3.ClH/c1-7(2)11-16-10(17-20-11)6-14-12(19)15-8-5-13-4-3-9(8)18;/h7-9,13,18H,3-6H2,1-2H3,(H2,14,15,19);1H/t8-,9+;/m0./s1. The maximum atomic E-state index is 11.7. The number of nitrogens with zero attached hydrogens (tertiary/aromatic N) is 2. The molecule has 8 nitrogen and oxygen atoms in total. The third-order valence-corrected chi connectivity index (χ3v) is 3.15. The van der Waals surface area contributed by atoms with E-state index in [0.29, 0.717) is 24.7 Å². The number of amides is 2. The zero-order valence-corrected chi connectivity index (χ0v) is 12.9. The van der Waals surface area contributed by atoms with E-state index in [1.165, 1.54) is 0 Å². The Morgan fingerprint density at radius 1 is 1.57 bits per heavy atom. The van der Waals surface area contributed by atoms with Gasteiger partial charge in [0.25, 0.3) is 0 Å². The van der Waals surface area contributed by atoms with Crippen LogP contribution in [0.3, 0.4) is 0 Å². The highest BCUT2D eigenvalue weighted by Crippen LogP contribution is 2.10. The predicted molar refractivity (Wildman–Crippen MR) is 78.3 cm³/mol. The molecule has 0 bridgehead atoms. The van der Waals surface area contributed by atoms with E-state index in [-0.39, 0.29) is 36.9 Å². The minimum atomic E-state index is -0.514. The molecule has 0 aromatic carbocycles. The number of hydrogen-bond donors (Lipinski definition) is 4. The number of carbonyl (C=O) groups excluding carboxylic acids is 1. The zero-order chi connectivity index (χ0) is 14.5. The van der Waals surface area contributed by atoms with Crippen LogP contribution < -0.4 is 16.0 Å². The van der Waals surface area contributed by atoms with Crippen molar-refractivity contribution < 1.29 is 14.4 Å². The molecule has 1 aliphatic rings. The van der Waals surface area contributed by atoms with Gasteiger partial charge in [0, 0.05) is 12.5 Å². The number of nitrogens with one attached hydrogen (secondary N) is 3. The number of rotatable bonds is 4. The Morgan fingerprint density at radius 3 is 2.95 bits per heavy atom. The fourth-order valence-corrected chi connectivity index (χ4v) is 1.94. The molecule has 2 heterocycles. The zero-order valence-electron chi connectivity index (χ0n) is 12.1. The SMILES string of the molecule is CC(C)c1nc(CNC(=O)N[C@H]2CNCC[C@H]2O)no1.Cl. The molecule has 1 aromatic heterocycles. The van der Waals surface area contributed by atoms with Crippen molar-refractivity contribution in [2.75, 3.05) is 13.1 Å². The van der Waals surface area contributed by atoms with Gasteiger partial charge in [-0.05, 0) is 13.0 Å². The lowest BCUT2D eigenvalue weighted by Gasteiger charge is -2.28. The second kappa shape index (κ2) is 8.16. The number of urea groups is 1. The van der Waals surface area contributed by atoms with Crippen LogP contribution in [0, 0.1) is 0 Å². The summed E-state index contributed by atoms with van der Waals surface area (Å²) in [5.74, 6) is 1.15. The highest BCUT2D eigenvalue weighted by atomic mass is 35.5. The Kier molecular flexibility index (Phi) is 6.86. The van der Waals surface area contributed by atoms with Crippen molar-refractivity contribution in [3.8, 4) is 0 Å². The van der Waals surface area contributed by atoms with Crippen molar-refractivity contribution in [1.82, 2.24) is 26.1 Å². The molecule has 1 fully saturated rings. The summed E-state index contributed by atoms with van der Waals surface area (Å²) in [6.07, 6.45) is 0.118. The van der Waals surface area contributed by atoms with Gasteiger partial charge in [0.05, 0.1) is 18.7 Å². The van der Waals surface area contributed by atoms with Crippen molar-refractivity contribution in [2.45, 2.75) is 44.9 Å². The van der Waals surface area contributed by atoms with Crippen molar-refractivity contribution in [3.05, 3.63) is 11.7 Å². The van der Waals surface area contributed by atoms with Gasteiger partial charge in [0.2, 0.25) is 5.89 Å². The molecule has 0 saturated carbocycles. The lowest BCUT2D eigenvalue weighted by molar-refractivity contribution is 0.102. The van der Waals surface area contributed by atoms with Crippen LogP contribution in [-0.4, -0.2) is 46.5 Å². The first-order valence-corrected chi connectivity index (χ1v) is 6.82. The molecule has 120 valence electrons. The van der Waals surface area contributed by atoms with E-state index in [0.717, 1.165) is 6.54 Å². The molecule has 1 saturated heterocycles. The maximum Gasteiger partial charge on any atom is 0.315 e. The van der Waals surface area contributed by atoms with Gasteiger partial charge in [0.15, 0.2) is 5.82 Å². The summed E-state index contributed by atoms with van der Waals surface area (Å²) < 4.78 is 5.04. The summed E-state index contributed by atoms with van der Waals surface area (Å²) in [6.45, 7) is 5.43.